The highest BCUT2D eigenvalue weighted by Gasteiger charge is 2.29. The van der Waals surface area contributed by atoms with Crippen molar-refractivity contribution in [3.05, 3.63) is 241 Å². The van der Waals surface area contributed by atoms with Crippen molar-refractivity contribution in [2.45, 2.75) is 78.6 Å². The second kappa shape index (κ2) is 19.3. The maximum absolute atomic E-state index is 5.32. The predicted octanol–water partition coefficient (Wildman–Crippen LogP) is 18.8. The summed E-state index contributed by atoms with van der Waals surface area (Å²) in [4.78, 5) is 20.6. The molecule has 0 unspecified atom stereocenters. The lowest BCUT2D eigenvalue weighted by Gasteiger charge is -2.35. The molecule has 6 heteroatoms. The summed E-state index contributed by atoms with van der Waals surface area (Å²) in [6.45, 7) is 20.6. The van der Waals surface area contributed by atoms with Gasteiger partial charge in [-0.2, -0.15) is 9.97 Å². The molecule has 0 N–H and O–H groups in total. The van der Waals surface area contributed by atoms with E-state index in [1.54, 1.807) is 0 Å². The van der Waals surface area contributed by atoms with E-state index in [1.807, 2.05) is 18.2 Å². The fourth-order valence-electron chi connectivity index (χ4n) is 10.2. The van der Waals surface area contributed by atoms with Gasteiger partial charge in [0.25, 0.3) is 0 Å². The minimum absolute atomic E-state index is 0.00552. The van der Waals surface area contributed by atoms with Crippen LogP contribution in [0.25, 0.3) is 61.7 Å². The molecule has 9 aromatic carbocycles. The Hall–Kier alpha value is -8.61. The smallest absolute Gasteiger partial charge is 0.238 e. The molecular weight excluding hydrogens is 913 g/mol. The van der Waals surface area contributed by atoms with E-state index in [9.17, 15) is 0 Å². The number of rotatable bonds is 10. The van der Waals surface area contributed by atoms with E-state index in [1.165, 1.54) is 16.7 Å². The van der Waals surface area contributed by atoms with Crippen LogP contribution in [-0.2, 0) is 16.2 Å². The number of nitrogens with zero attached hydrogens (tertiary/aromatic N) is 6. The van der Waals surface area contributed by atoms with Crippen LogP contribution in [0.3, 0.4) is 0 Å². The molecule has 0 spiro atoms. The topological polar surface area (TPSA) is 50.1 Å². The van der Waals surface area contributed by atoms with Crippen LogP contribution in [0.1, 0.15) is 79.0 Å². The van der Waals surface area contributed by atoms with E-state index in [2.05, 4.69) is 283 Å². The standard InChI is InChI=1S/C69H64N6/c1-67(2,3)50-35-41-55(42-36-50)73(53-27-17-12-18-28-53)61-45-52(69(7,8)9)46-62(63(61)47-23-13-10-14-24-47)74(56-43-37-51(38-44-56)68(4,5)6)54-39-33-49(34-40-54)65-70-64(48-25-15-11-16-26-48)71-66(72-65)75-59-31-21-19-29-57(59)58-30-20-22-32-60(58)75/h10-46H,1-9H3. The van der Waals surface area contributed by atoms with E-state index in [4.69, 9.17) is 15.0 Å². The Bertz CT molecular complexity index is 3730. The zero-order valence-electron chi connectivity index (χ0n) is 44.5. The highest BCUT2D eigenvalue weighted by atomic mass is 15.2. The van der Waals surface area contributed by atoms with Gasteiger partial charge in [0.2, 0.25) is 5.95 Å². The molecule has 0 aliphatic heterocycles. The summed E-state index contributed by atoms with van der Waals surface area (Å²) in [7, 11) is 0. The number of fused-ring (bicyclic) bond motifs is 3. The Morgan fingerprint density at radius 1 is 0.320 bits per heavy atom. The summed E-state index contributed by atoms with van der Waals surface area (Å²) in [6.07, 6.45) is 0. The van der Waals surface area contributed by atoms with Crippen molar-refractivity contribution < 1.29 is 0 Å². The van der Waals surface area contributed by atoms with Crippen molar-refractivity contribution in [3.63, 3.8) is 0 Å². The summed E-state index contributed by atoms with van der Waals surface area (Å²) in [5, 5.41) is 2.30. The van der Waals surface area contributed by atoms with Crippen molar-refractivity contribution in [2.24, 2.45) is 0 Å². The van der Waals surface area contributed by atoms with Crippen LogP contribution in [0.5, 0.6) is 0 Å². The molecule has 0 aliphatic carbocycles. The van der Waals surface area contributed by atoms with E-state index in [0.29, 0.717) is 17.6 Å². The first-order valence-electron chi connectivity index (χ1n) is 26.1. The molecule has 0 atom stereocenters. The van der Waals surface area contributed by atoms with Crippen LogP contribution in [0.2, 0.25) is 0 Å². The van der Waals surface area contributed by atoms with Gasteiger partial charge in [-0.05, 0) is 123 Å². The summed E-state index contributed by atoms with van der Waals surface area (Å²) in [5.74, 6) is 1.76. The molecule has 2 heterocycles. The van der Waals surface area contributed by atoms with Crippen LogP contribution in [-0.4, -0.2) is 19.5 Å². The minimum atomic E-state index is -0.216. The van der Waals surface area contributed by atoms with Crippen molar-refractivity contribution >= 4 is 55.9 Å². The van der Waals surface area contributed by atoms with E-state index in [-0.39, 0.29) is 16.2 Å². The second-order valence-corrected chi connectivity index (χ2v) is 22.7. The van der Waals surface area contributed by atoms with Gasteiger partial charge < -0.3 is 9.80 Å². The molecule has 0 amide bonds. The number of para-hydroxylation sites is 3. The van der Waals surface area contributed by atoms with Gasteiger partial charge in [-0.3, -0.25) is 4.57 Å². The Labute approximate surface area is 442 Å². The van der Waals surface area contributed by atoms with Crippen molar-refractivity contribution in [1.82, 2.24) is 19.5 Å². The number of benzene rings is 9. The SMILES string of the molecule is CC(C)(C)c1ccc(N(c2ccccc2)c2cc(C(C)(C)C)cc(N(c3ccc(-c4nc(-c5ccccc5)nc(-n5c6ccccc6c6ccccc65)n4)cc3)c3ccc(C(C)(C)C)cc3)c2-c2ccccc2)cc1. The molecule has 75 heavy (non-hydrogen) atoms. The fourth-order valence-corrected chi connectivity index (χ4v) is 10.2. The van der Waals surface area contributed by atoms with Crippen LogP contribution < -0.4 is 9.80 Å². The third-order valence-corrected chi connectivity index (χ3v) is 14.3. The first kappa shape index (κ1) is 48.6. The zero-order valence-corrected chi connectivity index (χ0v) is 44.5. The number of aromatic nitrogens is 4. The Morgan fingerprint density at radius 3 is 1.09 bits per heavy atom. The van der Waals surface area contributed by atoms with E-state index >= 15 is 0 Å². The molecular formula is C69H64N6. The van der Waals surface area contributed by atoms with Crippen molar-refractivity contribution in [1.29, 1.82) is 0 Å². The lowest BCUT2D eigenvalue weighted by Crippen LogP contribution is -2.20. The van der Waals surface area contributed by atoms with Crippen molar-refractivity contribution in [2.75, 3.05) is 9.80 Å². The van der Waals surface area contributed by atoms with Crippen LogP contribution >= 0.6 is 0 Å². The molecule has 0 aliphatic rings. The molecule has 0 saturated carbocycles. The normalized spacial score (nSPS) is 12.1. The van der Waals surface area contributed by atoms with Gasteiger partial charge >= 0.3 is 0 Å². The molecule has 0 saturated heterocycles. The van der Waals surface area contributed by atoms with E-state index < -0.39 is 0 Å². The van der Waals surface area contributed by atoms with E-state index in [0.717, 1.165) is 78.2 Å². The number of hydrogen-bond donors (Lipinski definition) is 0. The molecule has 0 bridgehead atoms. The highest BCUT2D eigenvalue weighted by Crippen LogP contribution is 2.51. The largest absolute Gasteiger partial charge is 0.310 e. The number of hydrogen-bond acceptors (Lipinski definition) is 5. The second-order valence-electron chi connectivity index (χ2n) is 22.7. The molecule has 0 fully saturated rings. The molecule has 6 nitrogen and oxygen atoms in total. The van der Waals surface area contributed by atoms with Gasteiger partial charge in [-0.15, -0.1) is 0 Å². The van der Waals surface area contributed by atoms with Crippen LogP contribution in [0.15, 0.2) is 224 Å². The molecule has 11 rings (SSSR count). The molecule has 0 radical (unpaired) electrons. The summed E-state index contributed by atoms with van der Waals surface area (Å²) >= 11 is 0. The third-order valence-electron chi connectivity index (χ3n) is 14.3. The van der Waals surface area contributed by atoms with Gasteiger partial charge in [0.1, 0.15) is 0 Å². The van der Waals surface area contributed by atoms with Crippen LogP contribution in [0.4, 0.5) is 34.1 Å². The first-order chi connectivity index (χ1) is 36.1. The molecule has 2 aromatic heterocycles. The first-order valence-corrected chi connectivity index (χ1v) is 26.1. The summed E-state index contributed by atoms with van der Waals surface area (Å²) < 4.78 is 2.17. The van der Waals surface area contributed by atoms with Gasteiger partial charge in [0.05, 0.1) is 22.4 Å². The van der Waals surface area contributed by atoms with Gasteiger partial charge in [0, 0.05) is 50.2 Å². The van der Waals surface area contributed by atoms with Gasteiger partial charge in [-0.25, -0.2) is 4.98 Å². The zero-order chi connectivity index (χ0) is 52.1. The maximum Gasteiger partial charge on any atom is 0.238 e. The lowest BCUT2D eigenvalue weighted by atomic mass is 9.83. The summed E-state index contributed by atoms with van der Waals surface area (Å²) in [6, 6.07) is 80.7. The maximum atomic E-state index is 5.32. The van der Waals surface area contributed by atoms with Crippen molar-refractivity contribution in [3.8, 4) is 39.9 Å². The quantitative estimate of drug-likeness (QED) is 0.137. The molecule has 11 aromatic rings. The Morgan fingerprint density at radius 2 is 0.667 bits per heavy atom. The Kier molecular flexibility index (Phi) is 12.5. The Balaban J connectivity index is 1.15. The van der Waals surface area contributed by atoms with Gasteiger partial charge in [-0.1, -0.05) is 202 Å². The number of anilines is 6. The average Bonchev–Trinajstić information content (AvgIpc) is 3.76. The fraction of sp³-hybridized carbons (Fsp3) is 0.174. The molecule has 370 valence electrons. The monoisotopic (exact) mass is 977 g/mol. The minimum Gasteiger partial charge on any atom is -0.310 e. The average molecular weight is 977 g/mol. The van der Waals surface area contributed by atoms with Gasteiger partial charge in [0.15, 0.2) is 11.6 Å². The third kappa shape index (κ3) is 9.61. The van der Waals surface area contributed by atoms with Crippen LogP contribution in [0, 0.1) is 0 Å². The lowest BCUT2D eigenvalue weighted by molar-refractivity contribution is 0.589. The predicted molar refractivity (Wildman–Crippen MR) is 316 cm³/mol. The summed E-state index contributed by atoms with van der Waals surface area (Å²) in [5.41, 5.74) is 16.0. The highest BCUT2D eigenvalue weighted by molar-refractivity contribution is 6.09.